The smallest absolute Gasteiger partial charge is 1.00 e. The molecule has 0 spiro atoms. The topological polar surface area (TPSA) is 167 Å². The Hall–Kier alpha value is 0.460. The van der Waals surface area contributed by atoms with Gasteiger partial charge >= 0.3 is 70.6 Å². The van der Waals surface area contributed by atoms with Crippen LogP contribution in [0.4, 0.5) is 13.2 Å². The van der Waals surface area contributed by atoms with Crippen LogP contribution in [-0.2, 0) is 30.3 Å². The van der Waals surface area contributed by atoms with Gasteiger partial charge in [-0.1, -0.05) is 23.1 Å². The maximum Gasteiger partial charge on any atom is 1.00 e. The van der Waals surface area contributed by atoms with Crippen molar-refractivity contribution in [3.8, 4) is 0 Å². The summed E-state index contributed by atoms with van der Waals surface area (Å²) in [5.41, 5.74) is -4.52. The van der Waals surface area contributed by atoms with Crippen LogP contribution in [0.2, 0.25) is 0 Å². The van der Waals surface area contributed by atoms with Gasteiger partial charge in [0.05, 0.1) is 5.75 Å². The second kappa shape index (κ2) is 13.5. The van der Waals surface area contributed by atoms with Crippen LogP contribution in [-0.4, -0.2) is 85.1 Å². The molecular weight excluding hydrogens is 599 g/mol. The van der Waals surface area contributed by atoms with Gasteiger partial charge in [-0.15, -0.1) is 22.0 Å². The Bertz CT molecular complexity index is 1130. The molecule has 2 amide bonds. The Morgan fingerprint density at radius 2 is 1.94 bits per heavy atom. The number of aromatic nitrogens is 2. The van der Waals surface area contributed by atoms with E-state index in [9.17, 15) is 41.1 Å². The molecule has 1 aromatic heterocycles. The van der Waals surface area contributed by atoms with Crippen LogP contribution >= 0.6 is 46.6 Å². The number of carboxylic acid groups (broad SMARTS) is 1. The maximum absolute atomic E-state index is 12.5. The third-order valence-corrected chi connectivity index (χ3v) is 9.09. The normalized spacial score (nSPS) is 19.8. The molecule has 3 N–H and O–H groups in total. The number of fused-ring (bicyclic) bond motifs is 1. The van der Waals surface area contributed by atoms with Crippen molar-refractivity contribution in [1.82, 2.24) is 20.4 Å². The van der Waals surface area contributed by atoms with E-state index in [1.165, 1.54) is 0 Å². The van der Waals surface area contributed by atoms with Gasteiger partial charge in [-0.2, -0.15) is 21.6 Å². The standard InChI is InChI=1S/C14H13F3N4O7S5.2Na.2H/c15-14(16,17)31-3-6(22)18-8-10(23)21-9(12(24)25)5(1-29-11(8)21)2-30-13-20-19-7(32-13)4-33(26,27)28;;;;/h8,11H,1-4H2,(H,18,22)(H,24,25)(H,26,27,28);;;;/q;2*+1;2*-1/t8?,11-;;;;/m1..../s1. The predicted octanol–water partition coefficient (Wildman–Crippen LogP) is -4.76. The molecule has 0 aliphatic carbocycles. The summed E-state index contributed by atoms with van der Waals surface area (Å²) in [5, 5.41) is 18.5. The molecule has 1 unspecified atom stereocenters. The molecule has 0 saturated carbocycles. The summed E-state index contributed by atoms with van der Waals surface area (Å²) in [4.78, 5) is 37.0. The van der Waals surface area contributed by atoms with E-state index >= 15 is 0 Å². The van der Waals surface area contributed by atoms with Crippen LogP contribution in [0.1, 0.15) is 7.86 Å². The van der Waals surface area contributed by atoms with Crippen molar-refractivity contribution >= 4 is 74.5 Å². The first-order valence-corrected chi connectivity index (χ1v) is 14.0. The van der Waals surface area contributed by atoms with E-state index in [2.05, 4.69) is 15.5 Å². The monoisotopic (exact) mass is 614 g/mol. The van der Waals surface area contributed by atoms with Gasteiger partial charge in [0.25, 0.3) is 16.0 Å². The number of hydrogen-bond donors (Lipinski definition) is 3. The van der Waals surface area contributed by atoms with E-state index in [4.69, 9.17) is 4.55 Å². The van der Waals surface area contributed by atoms with Crippen LogP contribution in [0.25, 0.3) is 0 Å². The van der Waals surface area contributed by atoms with Crippen molar-refractivity contribution in [3.63, 3.8) is 0 Å². The quantitative estimate of drug-likeness (QED) is 0.105. The first-order chi connectivity index (χ1) is 15.2. The largest absolute Gasteiger partial charge is 1.00 e. The van der Waals surface area contributed by atoms with Crippen LogP contribution < -0.4 is 64.4 Å². The molecule has 2 aliphatic rings. The molecule has 0 radical (unpaired) electrons. The number of carbonyl (C=O) groups excluding carboxylic acids is 2. The minimum atomic E-state index is -4.60. The first kappa shape index (κ1) is 33.5. The summed E-state index contributed by atoms with van der Waals surface area (Å²) in [7, 11) is -4.28. The average Bonchev–Trinajstić information content (AvgIpc) is 3.12. The Labute approximate surface area is 260 Å². The minimum absolute atomic E-state index is 0. The van der Waals surface area contributed by atoms with E-state index in [-0.39, 0.29) is 84.2 Å². The number of nitrogens with zero attached hydrogens (tertiary/aromatic N) is 3. The van der Waals surface area contributed by atoms with Crippen LogP contribution in [0.5, 0.6) is 0 Å². The van der Waals surface area contributed by atoms with Gasteiger partial charge in [0, 0.05) is 11.5 Å². The van der Waals surface area contributed by atoms with Crippen molar-refractivity contribution in [2.45, 2.75) is 27.0 Å². The number of carbonyl (C=O) groups is 3. The van der Waals surface area contributed by atoms with Crippen molar-refractivity contribution < 1.29 is 108 Å². The van der Waals surface area contributed by atoms with Crippen molar-refractivity contribution in [3.05, 3.63) is 16.3 Å². The number of hydrogen-bond acceptors (Lipinski definition) is 11. The SMILES string of the molecule is O=C(CSC(F)(F)F)NC1C(=O)N2C(C(=O)O)=C(CSc3nnc(CS(=O)(=O)O)s3)CS[C@H]12.[H-].[H-].[Na+].[Na+]. The zero-order chi connectivity index (χ0) is 24.6. The summed E-state index contributed by atoms with van der Waals surface area (Å²) in [6.07, 6.45) is 0. The number of alkyl halides is 3. The van der Waals surface area contributed by atoms with Crippen molar-refractivity contribution in [2.75, 3.05) is 17.3 Å². The Morgan fingerprint density at radius 3 is 2.51 bits per heavy atom. The van der Waals surface area contributed by atoms with Crippen LogP contribution in [0.3, 0.4) is 0 Å². The van der Waals surface area contributed by atoms with Crippen LogP contribution in [0, 0.1) is 0 Å². The van der Waals surface area contributed by atoms with E-state index < -0.39 is 68.1 Å². The third-order valence-electron chi connectivity index (χ3n) is 4.06. The summed E-state index contributed by atoms with van der Waals surface area (Å²) in [5.74, 6) is -4.49. The molecule has 3 heterocycles. The Balaban J connectivity index is 0. The fourth-order valence-corrected chi connectivity index (χ4v) is 7.42. The molecule has 186 valence electrons. The third kappa shape index (κ3) is 9.31. The Morgan fingerprint density at radius 1 is 1.29 bits per heavy atom. The minimum Gasteiger partial charge on any atom is -1.00 e. The number of rotatable bonds is 9. The van der Waals surface area contributed by atoms with Gasteiger partial charge in [0.15, 0.2) is 4.34 Å². The van der Waals surface area contributed by atoms with Gasteiger partial charge in [-0.25, -0.2) is 4.79 Å². The molecule has 1 aromatic rings. The van der Waals surface area contributed by atoms with E-state index in [0.717, 1.165) is 39.8 Å². The molecule has 0 bridgehead atoms. The zero-order valence-electron chi connectivity index (χ0n) is 19.9. The number of carboxylic acids is 1. The fourth-order valence-electron chi connectivity index (χ4n) is 2.82. The second-order valence-electron chi connectivity index (χ2n) is 6.42. The van der Waals surface area contributed by atoms with Gasteiger partial charge in [-0.05, 0) is 17.3 Å². The molecule has 0 aromatic carbocycles. The van der Waals surface area contributed by atoms with Gasteiger partial charge < -0.3 is 13.3 Å². The number of thioether (sulfide) groups is 3. The van der Waals surface area contributed by atoms with E-state index in [1.807, 2.05) is 0 Å². The summed E-state index contributed by atoms with van der Waals surface area (Å²) in [6.45, 7) is 0. The predicted molar refractivity (Wildman–Crippen MR) is 116 cm³/mol. The number of halogens is 3. The van der Waals surface area contributed by atoms with Crippen molar-refractivity contribution in [1.29, 1.82) is 0 Å². The maximum atomic E-state index is 12.5. The van der Waals surface area contributed by atoms with Crippen LogP contribution in [0.15, 0.2) is 15.6 Å². The molecule has 1 saturated heterocycles. The van der Waals surface area contributed by atoms with Gasteiger partial charge in [-0.3, -0.25) is 19.0 Å². The number of amides is 2. The molecule has 11 nitrogen and oxygen atoms in total. The van der Waals surface area contributed by atoms with Crippen molar-refractivity contribution in [2.24, 2.45) is 0 Å². The fraction of sp³-hybridized carbons (Fsp3) is 0.500. The first-order valence-electron chi connectivity index (χ1n) is 8.55. The average molecular weight is 615 g/mol. The number of β-lactam (4-membered cyclic amide) rings is 1. The molecule has 21 heteroatoms. The molecule has 2 aliphatic heterocycles. The summed E-state index contributed by atoms with van der Waals surface area (Å²) in [6, 6.07) is -1.13. The Kier molecular flexibility index (Phi) is 12.9. The number of nitrogens with one attached hydrogen (secondary N) is 1. The molecule has 3 rings (SSSR count). The van der Waals surface area contributed by atoms with E-state index in [1.54, 1.807) is 0 Å². The molecule has 35 heavy (non-hydrogen) atoms. The van der Waals surface area contributed by atoms with Gasteiger partial charge in [0.1, 0.15) is 27.9 Å². The van der Waals surface area contributed by atoms with Gasteiger partial charge in [0.2, 0.25) is 5.91 Å². The summed E-state index contributed by atoms with van der Waals surface area (Å²) < 4.78 is 67.7. The molecule has 2 atom stereocenters. The zero-order valence-corrected chi connectivity index (χ0v) is 26.0. The summed E-state index contributed by atoms with van der Waals surface area (Å²) >= 11 is 2.57. The van der Waals surface area contributed by atoms with E-state index in [0.29, 0.717) is 9.91 Å². The number of aliphatic carboxylic acids is 1. The molecule has 1 fully saturated rings. The molecular formula is C14H15F3N4Na2O7S5. The second-order valence-corrected chi connectivity index (χ2v) is 12.3.